The summed E-state index contributed by atoms with van der Waals surface area (Å²) in [6.45, 7) is 5.14. The van der Waals surface area contributed by atoms with Gasteiger partial charge in [-0.05, 0) is 19.3 Å². The van der Waals surface area contributed by atoms with Gasteiger partial charge in [0.05, 0.1) is 19.6 Å². The van der Waals surface area contributed by atoms with E-state index in [0.717, 1.165) is 32.1 Å². The molecule has 0 amide bonds. The number of esters is 1. The van der Waals surface area contributed by atoms with Crippen LogP contribution in [0.5, 0.6) is 0 Å². The number of ether oxygens (including phenoxy) is 1. The lowest BCUT2D eigenvalue weighted by Crippen LogP contribution is -2.42. The minimum absolute atomic E-state index is 0.118. The predicted molar refractivity (Wildman–Crippen MR) is 113 cm³/mol. The quantitative estimate of drug-likeness (QED) is 0.222. The van der Waals surface area contributed by atoms with Crippen molar-refractivity contribution >= 4 is 25.3 Å². The first kappa shape index (κ1) is 23.7. The van der Waals surface area contributed by atoms with Crippen LogP contribution in [0, 0.1) is 5.92 Å². The number of nitrogens with zero attached hydrogens (tertiary/aromatic N) is 1. The number of fused-ring (bicyclic) bond motifs is 1. The van der Waals surface area contributed by atoms with Crippen molar-refractivity contribution in [2.24, 2.45) is 5.92 Å². The van der Waals surface area contributed by atoms with E-state index in [9.17, 15) is 19.3 Å². The van der Waals surface area contributed by atoms with E-state index in [2.05, 4.69) is 5.32 Å². The van der Waals surface area contributed by atoms with E-state index in [4.69, 9.17) is 13.8 Å². The molecule has 2 rings (SSSR count). The molecular formula is C19H32N2O7P+. The van der Waals surface area contributed by atoms with Gasteiger partial charge in [0.2, 0.25) is 6.79 Å². The van der Waals surface area contributed by atoms with Crippen molar-refractivity contribution in [1.29, 1.82) is 0 Å². The summed E-state index contributed by atoms with van der Waals surface area (Å²) >= 11 is 0. The second kappa shape index (κ2) is 11.0. The number of hydrogen-bond acceptors (Lipinski definition) is 9. The number of carbonyl (C=O) groups is 1. The molecule has 1 aliphatic rings. The number of hydrogen-bond donors (Lipinski definition) is 2. The third kappa shape index (κ3) is 5.98. The lowest BCUT2D eigenvalue weighted by atomic mass is 9.99. The molecule has 0 aliphatic carbocycles. The van der Waals surface area contributed by atoms with E-state index < -0.39 is 18.8 Å². The van der Waals surface area contributed by atoms with Gasteiger partial charge in [-0.25, -0.2) is 0 Å². The molecule has 1 heterocycles. The minimum atomic E-state index is -3.26. The van der Waals surface area contributed by atoms with Crippen molar-refractivity contribution in [2.75, 3.05) is 49.9 Å². The molecule has 1 aromatic carbocycles. The molecule has 0 radical (unpaired) electrons. The van der Waals surface area contributed by atoms with Gasteiger partial charge in [0.1, 0.15) is 11.4 Å². The van der Waals surface area contributed by atoms with Gasteiger partial charge < -0.3 is 15.0 Å². The fourth-order valence-corrected chi connectivity index (χ4v) is 4.61. The summed E-state index contributed by atoms with van der Waals surface area (Å²) in [5.41, 5.74) is -0.301. The molecule has 1 unspecified atom stereocenters. The molecule has 164 valence electrons. The van der Waals surface area contributed by atoms with Gasteiger partial charge in [0, 0.05) is 13.1 Å². The first-order valence-corrected chi connectivity index (χ1v) is 11.9. The zero-order valence-corrected chi connectivity index (χ0v) is 18.3. The molecule has 1 atom stereocenters. The van der Waals surface area contributed by atoms with Crippen LogP contribution in [0.25, 0.3) is 0 Å². The van der Waals surface area contributed by atoms with Gasteiger partial charge in [0.25, 0.3) is 10.9 Å². The Morgan fingerprint density at radius 1 is 1.24 bits per heavy atom. The van der Waals surface area contributed by atoms with E-state index in [0.29, 0.717) is 31.0 Å². The van der Waals surface area contributed by atoms with Gasteiger partial charge in [-0.15, -0.1) is 4.52 Å². The average Bonchev–Trinajstić information content (AvgIpc) is 2.91. The summed E-state index contributed by atoms with van der Waals surface area (Å²) in [5, 5.41) is 2.97. The summed E-state index contributed by atoms with van der Waals surface area (Å²) < 4.78 is 15.8. The van der Waals surface area contributed by atoms with Crippen LogP contribution in [0.2, 0.25) is 0 Å². The van der Waals surface area contributed by atoms with E-state index in [1.54, 1.807) is 4.90 Å². The summed E-state index contributed by atoms with van der Waals surface area (Å²) in [6.07, 6.45) is 4.16. The topological polar surface area (TPSA) is 114 Å². The summed E-state index contributed by atoms with van der Waals surface area (Å²) in [5.74, 6) is -0.497. The average molecular weight is 431 g/mol. The molecule has 0 saturated carbocycles. The smallest absolute Gasteiger partial charge is 0.413 e. The van der Waals surface area contributed by atoms with E-state index in [1.165, 1.54) is 7.11 Å². The molecule has 0 fully saturated rings. The molecule has 29 heavy (non-hydrogen) atoms. The highest BCUT2D eigenvalue weighted by Crippen LogP contribution is 2.56. The molecule has 0 saturated heterocycles. The Hall–Kier alpha value is -1.54. The van der Waals surface area contributed by atoms with E-state index in [1.807, 2.05) is 13.8 Å². The first-order valence-electron chi connectivity index (χ1n) is 10.2. The Bertz CT molecular complexity index is 743. The third-order valence-corrected chi connectivity index (χ3v) is 6.95. The SMILES string of the molecule is CCCC(CCC)C(=O)OCO[P+](O)(CCN1CCCNc2c1c(=O)c2=O)OC. The zero-order chi connectivity index (χ0) is 21.4. The van der Waals surface area contributed by atoms with Crippen LogP contribution in [-0.2, 0) is 18.6 Å². The molecule has 9 nitrogen and oxygen atoms in total. The van der Waals surface area contributed by atoms with Gasteiger partial charge in [-0.2, -0.15) is 9.42 Å². The Morgan fingerprint density at radius 2 is 1.93 bits per heavy atom. The molecule has 0 aromatic heterocycles. The predicted octanol–water partition coefficient (Wildman–Crippen LogP) is 2.04. The second-order valence-electron chi connectivity index (χ2n) is 7.18. The van der Waals surface area contributed by atoms with Crippen molar-refractivity contribution in [3.8, 4) is 0 Å². The van der Waals surface area contributed by atoms with Crippen LogP contribution in [-0.4, -0.2) is 50.6 Å². The highest BCUT2D eigenvalue weighted by molar-refractivity contribution is 7.60. The summed E-state index contributed by atoms with van der Waals surface area (Å²) in [7, 11) is -1.93. The first-order chi connectivity index (χ1) is 13.9. The summed E-state index contributed by atoms with van der Waals surface area (Å²) in [4.78, 5) is 48.2. The fourth-order valence-electron chi connectivity index (χ4n) is 3.48. The Morgan fingerprint density at radius 3 is 2.55 bits per heavy atom. The van der Waals surface area contributed by atoms with Gasteiger partial charge in [-0.1, -0.05) is 26.7 Å². The minimum Gasteiger partial charge on any atom is -0.434 e. The maximum Gasteiger partial charge on any atom is 0.413 e. The molecule has 2 N–H and O–H groups in total. The van der Waals surface area contributed by atoms with Crippen molar-refractivity contribution in [1.82, 2.24) is 0 Å². The van der Waals surface area contributed by atoms with E-state index >= 15 is 0 Å². The Labute approximate surface area is 171 Å². The molecular weight excluding hydrogens is 399 g/mol. The van der Waals surface area contributed by atoms with Crippen LogP contribution in [0.15, 0.2) is 9.59 Å². The van der Waals surface area contributed by atoms with Crippen molar-refractivity contribution in [3.63, 3.8) is 0 Å². The lowest BCUT2D eigenvalue weighted by molar-refractivity contribution is -0.156. The third-order valence-electron chi connectivity index (χ3n) is 5.11. The largest absolute Gasteiger partial charge is 0.434 e. The number of anilines is 2. The lowest BCUT2D eigenvalue weighted by Gasteiger charge is -2.25. The Balaban J connectivity index is 1.88. The van der Waals surface area contributed by atoms with Gasteiger partial charge in [-0.3, -0.25) is 14.4 Å². The molecule has 10 heteroatoms. The van der Waals surface area contributed by atoms with Crippen molar-refractivity contribution < 1.29 is 23.5 Å². The fraction of sp³-hybridized carbons (Fsp3) is 0.737. The van der Waals surface area contributed by atoms with Crippen molar-refractivity contribution in [3.05, 3.63) is 20.4 Å². The van der Waals surface area contributed by atoms with E-state index in [-0.39, 0.29) is 24.8 Å². The van der Waals surface area contributed by atoms with Crippen molar-refractivity contribution in [2.45, 2.75) is 46.0 Å². The van der Waals surface area contributed by atoms with Gasteiger partial charge >= 0.3 is 13.9 Å². The molecule has 1 aromatic rings. The van der Waals surface area contributed by atoms with Crippen LogP contribution in [0.1, 0.15) is 46.0 Å². The zero-order valence-electron chi connectivity index (χ0n) is 17.4. The summed E-state index contributed by atoms with van der Waals surface area (Å²) in [6, 6.07) is 0. The molecule has 0 spiro atoms. The number of nitrogens with one attached hydrogen (secondary N) is 1. The van der Waals surface area contributed by atoms with Crippen LogP contribution >= 0.6 is 7.94 Å². The van der Waals surface area contributed by atoms with Gasteiger partial charge in [0.15, 0.2) is 6.16 Å². The monoisotopic (exact) mass is 431 g/mol. The maximum atomic E-state index is 12.2. The molecule has 1 aliphatic heterocycles. The Kier molecular flexibility index (Phi) is 9.02. The van der Waals surface area contributed by atoms with Crippen LogP contribution in [0.3, 0.4) is 0 Å². The second-order valence-corrected chi connectivity index (χ2v) is 9.52. The number of rotatable bonds is 12. The standard InChI is InChI=1S/C19H31N2O7P/c1-4-7-14(8-5-2)19(24)27-13-28-29(25,26-3)12-11-21-10-6-9-20-15-16(21)18(23)17(15)22/h14,25H,4-13H2,1-3H3/p+1. The molecule has 0 bridgehead atoms. The van der Waals surface area contributed by atoms with Crippen LogP contribution in [0.4, 0.5) is 11.4 Å². The number of carbonyl (C=O) groups excluding carboxylic acids is 1. The van der Waals surface area contributed by atoms with Crippen LogP contribution < -0.4 is 21.1 Å². The maximum absolute atomic E-state index is 12.2. The normalized spacial score (nSPS) is 16.2. The highest BCUT2D eigenvalue weighted by atomic mass is 31.2. The highest BCUT2D eigenvalue weighted by Gasteiger charge is 2.41.